The number of hydrogen-bond donors (Lipinski definition) is 2. The fourth-order valence-corrected chi connectivity index (χ4v) is 10.2. The molecule has 4 aliphatic heterocycles. The second-order valence-corrected chi connectivity index (χ2v) is 16.4. The first-order valence-corrected chi connectivity index (χ1v) is 17.8. The molecule has 3 saturated heterocycles. The van der Waals surface area contributed by atoms with Crippen LogP contribution in [-0.2, 0) is 31.2 Å². The molecule has 10 nitrogen and oxygen atoms in total. The maximum Gasteiger partial charge on any atom is 0.414 e. The molecule has 4 heterocycles. The molecule has 11 heteroatoms. The van der Waals surface area contributed by atoms with Gasteiger partial charge in [0.15, 0.2) is 13.9 Å². The van der Waals surface area contributed by atoms with Crippen LogP contribution in [0, 0.1) is 5.92 Å². The Hall–Kier alpha value is -3.25. The molecule has 0 unspecified atom stereocenters. The molecule has 1 spiro atoms. The Labute approximate surface area is 246 Å². The molecule has 0 aliphatic carbocycles. The Balaban J connectivity index is 1.33. The number of amides is 3. The van der Waals surface area contributed by atoms with Crippen molar-refractivity contribution < 1.29 is 33.8 Å². The first-order valence-electron chi connectivity index (χ1n) is 14.8. The van der Waals surface area contributed by atoms with E-state index in [0.717, 1.165) is 29.7 Å². The highest BCUT2D eigenvalue weighted by molar-refractivity contribution is 6.71. The smallest absolute Gasteiger partial charge is 0.414 e. The van der Waals surface area contributed by atoms with Gasteiger partial charge in [-0.15, -0.1) is 0 Å². The molecule has 0 aromatic heterocycles. The maximum absolute atomic E-state index is 14.6. The topological polar surface area (TPSA) is 120 Å². The van der Waals surface area contributed by atoms with Crippen LogP contribution in [0.15, 0.2) is 48.5 Å². The first kappa shape index (κ1) is 28.8. The molecular formula is C31H39N3O7Si. The molecule has 0 saturated carbocycles. The lowest BCUT2D eigenvalue weighted by Crippen LogP contribution is -2.46. The SMILES string of the molecule is C[C@H]1[C@H]([Si](C)(C)O)[C@@H](CC(=O)N2CCC[C@H]2CO)O[C@]12C(=O)N(Cc1cccc(N3CCOC3=O)c1)c1ccccc12. The summed E-state index contributed by atoms with van der Waals surface area (Å²) in [7, 11) is -2.92. The molecule has 0 radical (unpaired) electrons. The maximum atomic E-state index is 14.6. The van der Waals surface area contributed by atoms with Crippen molar-refractivity contribution in [3.8, 4) is 0 Å². The molecular weight excluding hydrogens is 554 g/mol. The number of cyclic esters (lactones) is 1. The van der Waals surface area contributed by atoms with Crippen LogP contribution >= 0.6 is 0 Å². The van der Waals surface area contributed by atoms with E-state index < -0.39 is 20.0 Å². The van der Waals surface area contributed by atoms with Gasteiger partial charge in [0.1, 0.15) is 6.61 Å². The predicted molar refractivity (Wildman–Crippen MR) is 158 cm³/mol. The number of hydrogen-bond acceptors (Lipinski definition) is 7. The molecule has 4 aliphatic rings. The van der Waals surface area contributed by atoms with Crippen molar-refractivity contribution in [1.29, 1.82) is 0 Å². The molecule has 5 atom stereocenters. The fourth-order valence-electron chi connectivity index (χ4n) is 7.67. The summed E-state index contributed by atoms with van der Waals surface area (Å²) in [6.07, 6.45) is 0.629. The Morgan fingerprint density at radius 2 is 1.90 bits per heavy atom. The number of nitrogens with zero attached hydrogens (tertiary/aromatic N) is 3. The van der Waals surface area contributed by atoms with Crippen molar-refractivity contribution in [2.24, 2.45) is 5.92 Å². The van der Waals surface area contributed by atoms with Crippen molar-refractivity contribution in [3.05, 3.63) is 59.7 Å². The summed E-state index contributed by atoms with van der Waals surface area (Å²) >= 11 is 0. The van der Waals surface area contributed by atoms with Crippen LogP contribution in [0.4, 0.5) is 16.2 Å². The van der Waals surface area contributed by atoms with Crippen LogP contribution in [0.1, 0.15) is 37.3 Å². The van der Waals surface area contributed by atoms with Crippen molar-refractivity contribution in [2.75, 3.05) is 36.1 Å². The minimum Gasteiger partial charge on any atom is -0.447 e. The second kappa shape index (κ2) is 10.8. The van der Waals surface area contributed by atoms with Gasteiger partial charge in [-0.25, -0.2) is 4.79 Å². The molecule has 2 aromatic rings. The number of aliphatic hydroxyl groups is 1. The van der Waals surface area contributed by atoms with E-state index in [1.807, 2.05) is 68.5 Å². The van der Waals surface area contributed by atoms with Crippen LogP contribution in [0.25, 0.3) is 0 Å². The van der Waals surface area contributed by atoms with E-state index in [9.17, 15) is 24.3 Å². The van der Waals surface area contributed by atoms with E-state index in [1.54, 1.807) is 14.7 Å². The van der Waals surface area contributed by atoms with Gasteiger partial charge in [-0.3, -0.25) is 14.5 Å². The third-order valence-corrected chi connectivity index (χ3v) is 12.0. The van der Waals surface area contributed by atoms with Crippen LogP contribution in [0.3, 0.4) is 0 Å². The Kier molecular flexibility index (Phi) is 7.41. The van der Waals surface area contributed by atoms with Crippen molar-refractivity contribution >= 4 is 37.6 Å². The number of anilines is 2. The summed E-state index contributed by atoms with van der Waals surface area (Å²) in [5.74, 6) is -0.703. The van der Waals surface area contributed by atoms with E-state index in [4.69, 9.17) is 9.47 Å². The van der Waals surface area contributed by atoms with Crippen LogP contribution in [-0.4, -0.2) is 79.5 Å². The van der Waals surface area contributed by atoms with Gasteiger partial charge in [0.25, 0.3) is 5.91 Å². The quantitative estimate of drug-likeness (QED) is 0.473. The average Bonchev–Trinajstić information content (AvgIpc) is 3.72. The zero-order valence-corrected chi connectivity index (χ0v) is 25.4. The van der Waals surface area contributed by atoms with Gasteiger partial charge in [-0.05, 0) is 49.7 Å². The monoisotopic (exact) mass is 593 g/mol. The molecule has 3 fully saturated rings. The molecule has 2 N–H and O–H groups in total. The van der Waals surface area contributed by atoms with Crippen LogP contribution < -0.4 is 9.80 Å². The Bertz CT molecular complexity index is 1400. The number of ether oxygens (including phenoxy) is 2. The summed E-state index contributed by atoms with van der Waals surface area (Å²) in [6.45, 7) is 7.24. The highest BCUT2D eigenvalue weighted by Gasteiger charge is 2.66. The highest BCUT2D eigenvalue weighted by atomic mass is 28.4. The number of aliphatic hydroxyl groups excluding tert-OH is 1. The van der Waals surface area contributed by atoms with E-state index in [0.29, 0.717) is 25.4 Å². The predicted octanol–water partition coefficient (Wildman–Crippen LogP) is 3.36. The van der Waals surface area contributed by atoms with E-state index >= 15 is 0 Å². The average molecular weight is 594 g/mol. The summed E-state index contributed by atoms with van der Waals surface area (Å²) in [4.78, 5) is 56.7. The van der Waals surface area contributed by atoms with E-state index in [1.165, 1.54) is 0 Å². The minimum absolute atomic E-state index is 0.0493. The highest BCUT2D eigenvalue weighted by Crippen LogP contribution is 2.59. The number of para-hydroxylation sites is 1. The lowest BCUT2D eigenvalue weighted by atomic mass is 9.82. The van der Waals surface area contributed by atoms with Gasteiger partial charge in [0.2, 0.25) is 5.91 Å². The Morgan fingerprint density at radius 1 is 1.12 bits per heavy atom. The lowest BCUT2D eigenvalue weighted by molar-refractivity contribution is -0.150. The van der Waals surface area contributed by atoms with Crippen molar-refractivity contribution in [2.45, 2.75) is 69.1 Å². The van der Waals surface area contributed by atoms with Gasteiger partial charge in [-0.2, -0.15) is 0 Å². The number of carbonyl (C=O) groups is 3. The lowest BCUT2D eigenvalue weighted by Gasteiger charge is -2.32. The zero-order valence-electron chi connectivity index (χ0n) is 24.4. The van der Waals surface area contributed by atoms with Crippen LogP contribution in [0.5, 0.6) is 0 Å². The first-order chi connectivity index (χ1) is 20.1. The van der Waals surface area contributed by atoms with Gasteiger partial charge >= 0.3 is 6.09 Å². The summed E-state index contributed by atoms with van der Waals surface area (Å²) in [6, 6.07) is 14.9. The molecule has 0 bridgehead atoms. The van der Waals surface area contributed by atoms with Crippen molar-refractivity contribution in [1.82, 2.24) is 4.90 Å². The number of likely N-dealkylation sites (tertiary alicyclic amines) is 1. The third kappa shape index (κ3) is 4.63. The van der Waals surface area contributed by atoms with Gasteiger partial charge < -0.3 is 29.2 Å². The van der Waals surface area contributed by atoms with E-state index in [-0.39, 0.29) is 55.0 Å². The van der Waals surface area contributed by atoms with Gasteiger partial charge in [0, 0.05) is 29.3 Å². The molecule has 3 amide bonds. The Morgan fingerprint density at radius 3 is 2.62 bits per heavy atom. The minimum atomic E-state index is -2.92. The van der Waals surface area contributed by atoms with Gasteiger partial charge in [-0.1, -0.05) is 37.3 Å². The van der Waals surface area contributed by atoms with Crippen molar-refractivity contribution in [3.63, 3.8) is 0 Å². The third-order valence-electron chi connectivity index (χ3n) is 9.50. The second-order valence-electron chi connectivity index (χ2n) is 12.5. The number of carbonyl (C=O) groups excluding carboxylic acids is 3. The standard InChI is InChI=1S/C31H39N3O7Si/c1-20-28(42(2,3)39)26(17-27(36)32-13-7-10-23(32)19-35)41-31(20)24-11-4-5-12-25(24)34(29(31)37)18-21-8-6-9-22(16-21)33-14-15-40-30(33)38/h4-6,8-9,11-12,16,20,23,26,28,35,39H,7,10,13-15,17-19H2,1-3H3/t20-,23-,26+,28-,31+/m0/s1. The van der Waals surface area contributed by atoms with Crippen LogP contribution in [0.2, 0.25) is 18.6 Å². The van der Waals surface area contributed by atoms with Gasteiger partial charge in [0.05, 0.1) is 44.0 Å². The molecule has 6 rings (SSSR count). The fraction of sp³-hybridized carbons (Fsp3) is 0.516. The molecule has 224 valence electrons. The van der Waals surface area contributed by atoms with E-state index in [2.05, 4.69) is 0 Å². The molecule has 42 heavy (non-hydrogen) atoms. The molecule has 2 aromatic carbocycles. The summed E-state index contributed by atoms with van der Waals surface area (Å²) in [5.41, 5.74) is 1.35. The largest absolute Gasteiger partial charge is 0.447 e. The summed E-state index contributed by atoms with van der Waals surface area (Å²) < 4.78 is 11.9. The zero-order chi connectivity index (χ0) is 29.8. The number of benzene rings is 2. The normalized spacial score (nSPS) is 29.1. The number of fused-ring (bicyclic) bond motifs is 2. The summed E-state index contributed by atoms with van der Waals surface area (Å²) in [5, 5.41) is 9.79. The number of rotatable bonds is 7.